The van der Waals surface area contributed by atoms with Gasteiger partial charge in [-0.25, -0.2) is 4.68 Å². The number of hydrogen-bond acceptors (Lipinski definition) is 2. The molecule has 0 aliphatic carbocycles. The minimum absolute atomic E-state index is 0.203. The molecule has 0 bridgehead atoms. The molecule has 18 heavy (non-hydrogen) atoms. The average molecular weight is 271 g/mol. The van der Waals surface area contributed by atoms with Crippen LogP contribution in [0, 0.1) is 0 Å². The molecule has 0 amide bonds. The molecule has 94 valence electrons. The number of halogens is 3. The van der Waals surface area contributed by atoms with Gasteiger partial charge in [-0.05, 0) is 24.3 Å². The maximum Gasteiger partial charge on any atom is 0.417 e. The molecule has 3 nitrogen and oxygen atoms in total. The van der Waals surface area contributed by atoms with Crippen LogP contribution in [0.3, 0.4) is 0 Å². The number of nitrogens with zero attached hydrogens (tertiary/aromatic N) is 2. The summed E-state index contributed by atoms with van der Waals surface area (Å²) in [5.74, 6) is 0. The molecule has 1 aromatic carbocycles. The van der Waals surface area contributed by atoms with E-state index in [4.69, 9.17) is 5.73 Å². The molecule has 2 N–H and O–H groups in total. The first-order valence-corrected chi connectivity index (χ1v) is 5.31. The second-order valence-electron chi connectivity index (χ2n) is 3.54. The van der Waals surface area contributed by atoms with E-state index < -0.39 is 11.7 Å². The number of rotatable bonds is 2. The van der Waals surface area contributed by atoms with Gasteiger partial charge in [0.05, 0.1) is 11.3 Å². The fraction of sp³-hybridized carbons (Fsp3) is 0.0909. The Balaban J connectivity index is 2.58. The van der Waals surface area contributed by atoms with Gasteiger partial charge in [0.2, 0.25) is 0 Å². The van der Waals surface area contributed by atoms with Gasteiger partial charge in [0.25, 0.3) is 0 Å². The van der Waals surface area contributed by atoms with E-state index in [2.05, 4.69) is 17.3 Å². The summed E-state index contributed by atoms with van der Waals surface area (Å²) in [6.07, 6.45) is -1.34. The van der Waals surface area contributed by atoms with E-state index in [1.165, 1.54) is 23.0 Å². The topological polar surface area (TPSA) is 43.8 Å². The van der Waals surface area contributed by atoms with Gasteiger partial charge in [-0.2, -0.15) is 18.3 Å². The highest BCUT2D eigenvalue weighted by Gasteiger charge is 2.34. The number of nitrogens with two attached hydrogens (primary N) is 1. The van der Waals surface area contributed by atoms with Crippen molar-refractivity contribution in [3.63, 3.8) is 0 Å². The third-order valence-electron chi connectivity index (χ3n) is 2.34. The summed E-state index contributed by atoms with van der Waals surface area (Å²) < 4.78 is 39.7. The van der Waals surface area contributed by atoms with Crippen molar-refractivity contribution in [1.82, 2.24) is 9.78 Å². The molecule has 0 aliphatic heterocycles. The lowest BCUT2D eigenvalue weighted by Crippen LogP contribution is -2.18. The van der Waals surface area contributed by atoms with E-state index in [0.29, 0.717) is 5.69 Å². The quantitative estimate of drug-likeness (QED) is 0.854. The van der Waals surface area contributed by atoms with Crippen LogP contribution in [0.1, 0.15) is 11.1 Å². The Morgan fingerprint density at radius 2 is 2.06 bits per heavy atom. The van der Waals surface area contributed by atoms with Crippen molar-refractivity contribution >= 4 is 17.2 Å². The highest BCUT2D eigenvalue weighted by atomic mass is 32.1. The SMILES string of the molecule is NC(=S)c1cc(-n2cccn2)ccc1C(F)(F)F. The predicted molar refractivity (Wildman–Crippen MR) is 64.5 cm³/mol. The summed E-state index contributed by atoms with van der Waals surface area (Å²) in [5.41, 5.74) is 4.76. The largest absolute Gasteiger partial charge is 0.417 e. The normalized spacial score (nSPS) is 11.5. The number of thiocarbonyl (C=S) groups is 1. The molecular weight excluding hydrogens is 263 g/mol. The Bertz CT molecular complexity index is 576. The fourth-order valence-electron chi connectivity index (χ4n) is 1.55. The van der Waals surface area contributed by atoms with Gasteiger partial charge >= 0.3 is 6.18 Å². The van der Waals surface area contributed by atoms with Crippen LogP contribution in [-0.2, 0) is 6.18 Å². The van der Waals surface area contributed by atoms with Crippen molar-refractivity contribution in [1.29, 1.82) is 0 Å². The first-order valence-electron chi connectivity index (χ1n) is 4.90. The Labute approximate surface area is 106 Å². The zero-order valence-electron chi connectivity index (χ0n) is 8.98. The minimum Gasteiger partial charge on any atom is -0.389 e. The van der Waals surface area contributed by atoms with Crippen molar-refractivity contribution in [2.45, 2.75) is 6.18 Å². The maximum absolute atomic E-state index is 12.7. The molecule has 0 radical (unpaired) electrons. The molecule has 0 aliphatic rings. The average Bonchev–Trinajstić information content (AvgIpc) is 2.80. The van der Waals surface area contributed by atoms with Crippen molar-refractivity contribution in [3.05, 3.63) is 47.8 Å². The standard InChI is InChI=1S/C11H8F3N3S/c12-11(13,14)9-3-2-7(6-8(9)10(15)18)17-5-1-4-16-17/h1-6H,(H2,15,18). The van der Waals surface area contributed by atoms with Crippen LogP contribution in [0.25, 0.3) is 5.69 Å². The molecule has 1 aromatic heterocycles. The highest BCUT2D eigenvalue weighted by Crippen LogP contribution is 2.32. The smallest absolute Gasteiger partial charge is 0.389 e. The third kappa shape index (κ3) is 2.35. The molecule has 0 saturated heterocycles. The molecular formula is C11H8F3N3S. The molecule has 7 heteroatoms. The summed E-state index contributed by atoms with van der Waals surface area (Å²) in [6, 6.07) is 5.21. The number of alkyl halides is 3. The van der Waals surface area contributed by atoms with Gasteiger partial charge in [-0.15, -0.1) is 0 Å². The third-order valence-corrected chi connectivity index (χ3v) is 2.56. The maximum atomic E-state index is 12.7. The first-order chi connectivity index (χ1) is 8.39. The molecule has 0 fully saturated rings. The lowest BCUT2D eigenvalue weighted by atomic mass is 10.1. The summed E-state index contributed by atoms with van der Waals surface area (Å²) in [5, 5.41) is 3.93. The summed E-state index contributed by atoms with van der Waals surface area (Å²) in [6.45, 7) is 0. The summed E-state index contributed by atoms with van der Waals surface area (Å²) >= 11 is 4.66. The Morgan fingerprint density at radius 1 is 1.33 bits per heavy atom. The van der Waals surface area contributed by atoms with Gasteiger partial charge in [-0.3, -0.25) is 0 Å². The van der Waals surface area contributed by atoms with Crippen molar-refractivity contribution in [3.8, 4) is 5.69 Å². The van der Waals surface area contributed by atoms with E-state index in [-0.39, 0.29) is 10.6 Å². The molecule has 0 atom stereocenters. The second kappa shape index (κ2) is 4.41. The van der Waals surface area contributed by atoms with Gasteiger partial charge in [0, 0.05) is 18.0 Å². The van der Waals surface area contributed by atoms with Crippen LogP contribution in [0.2, 0.25) is 0 Å². The van der Waals surface area contributed by atoms with Gasteiger partial charge in [-0.1, -0.05) is 12.2 Å². The predicted octanol–water partition coefficient (Wildman–Crippen LogP) is 2.53. The lowest BCUT2D eigenvalue weighted by molar-refractivity contribution is -0.137. The van der Waals surface area contributed by atoms with Crippen LogP contribution >= 0.6 is 12.2 Å². The second-order valence-corrected chi connectivity index (χ2v) is 3.98. The zero-order valence-corrected chi connectivity index (χ0v) is 9.79. The number of hydrogen-bond donors (Lipinski definition) is 1. The molecule has 0 saturated carbocycles. The van der Waals surface area contributed by atoms with Crippen LogP contribution in [0.5, 0.6) is 0 Å². The van der Waals surface area contributed by atoms with Crippen molar-refractivity contribution in [2.75, 3.05) is 0 Å². The fourth-order valence-corrected chi connectivity index (χ4v) is 1.72. The molecule has 2 rings (SSSR count). The Morgan fingerprint density at radius 3 is 2.56 bits per heavy atom. The summed E-state index contributed by atoms with van der Waals surface area (Å²) in [4.78, 5) is -0.295. The van der Waals surface area contributed by atoms with Crippen molar-refractivity contribution in [2.24, 2.45) is 5.73 Å². The van der Waals surface area contributed by atoms with Crippen LogP contribution in [0.15, 0.2) is 36.7 Å². The van der Waals surface area contributed by atoms with Crippen LogP contribution in [0.4, 0.5) is 13.2 Å². The number of aromatic nitrogens is 2. The van der Waals surface area contributed by atoms with Crippen LogP contribution < -0.4 is 5.73 Å². The minimum atomic E-state index is -4.48. The van der Waals surface area contributed by atoms with Gasteiger partial charge < -0.3 is 5.73 Å². The Hall–Kier alpha value is -1.89. The lowest BCUT2D eigenvalue weighted by Gasteiger charge is -2.13. The van der Waals surface area contributed by atoms with E-state index in [0.717, 1.165) is 6.07 Å². The van der Waals surface area contributed by atoms with Gasteiger partial charge in [0.15, 0.2) is 0 Å². The number of benzene rings is 1. The van der Waals surface area contributed by atoms with Gasteiger partial charge in [0.1, 0.15) is 4.99 Å². The monoisotopic (exact) mass is 271 g/mol. The molecule has 2 aromatic rings. The molecule has 0 unspecified atom stereocenters. The summed E-state index contributed by atoms with van der Waals surface area (Å²) in [7, 11) is 0. The molecule has 1 heterocycles. The van der Waals surface area contributed by atoms with E-state index >= 15 is 0 Å². The molecule has 0 spiro atoms. The zero-order chi connectivity index (χ0) is 13.3. The van der Waals surface area contributed by atoms with Crippen LogP contribution in [-0.4, -0.2) is 14.8 Å². The first kappa shape index (κ1) is 12.6. The van der Waals surface area contributed by atoms with E-state index in [1.54, 1.807) is 12.3 Å². The van der Waals surface area contributed by atoms with E-state index in [1.807, 2.05) is 0 Å². The van der Waals surface area contributed by atoms with E-state index in [9.17, 15) is 13.2 Å². The van der Waals surface area contributed by atoms with Crippen molar-refractivity contribution < 1.29 is 13.2 Å². The highest BCUT2D eigenvalue weighted by molar-refractivity contribution is 7.80. The Kier molecular flexibility index (Phi) is 3.08.